The lowest BCUT2D eigenvalue weighted by atomic mass is 10.1. The molecule has 2 N–H and O–H groups in total. The summed E-state index contributed by atoms with van der Waals surface area (Å²) in [6.07, 6.45) is 0.124. The lowest BCUT2D eigenvalue weighted by Crippen LogP contribution is -2.15. The van der Waals surface area contributed by atoms with Crippen LogP contribution in [0.15, 0.2) is 4.52 Å². The molecule has 17 heavy (non-hydrogen) atoms. The van der Waals surface area contributed by atoms with E-state index in [0.717, 1.165) is 0 Å². The second-order valence-electron chi connectivity index (χ2n) is 4.74. The van der Waals surface area contributed by atoms with E-state index in [1.807, 2.05) is 13.8 Å². The minimum Gasteiger partial charge on any atom is -0.392 e. The van der Waals surface area contributed by atoms with Gasteiger partial charge in [0, 0.05) is 13.7 Å². The van der Waals surface area contributed by atoms with Gasteiger partial charge in [-0.2, -0.15) is 4.98 Å². The first-order valence-corrected chi connectivity index (χ1v) is 5.89. The van der Waals surface area contributed by atoms with Crippen molar-refractivity contribution in [1.29, 1.82) is 0 Å². The zero-order valence-electron chi connectivity index (χ0n) is 10.4. The molecule has 0 aliphatic carbocycles. The van der Waals surface area contributed by atoms with Gasteiger partial charge < -0.3 is 19.7 Å². The number of ether oxygens (including phenoxy) is 1. The molecule has 2 heterocycles. The van der Waals surface area contributed by atoms with Gasteiger partial charge in [-0.3, -0.25) is 0 Å². The van der Waals surface area contributed by atoms with E-state index < -0.39 is 0 Å². The van der Waals surface area contributed by atoms with Gasteiger partial charge in [-0.25, -0.2) is 0 Å². The minimum absolute atomic E-state index is 0.0454. The van der Waals surface area contributed by atoms with Crippen molar-refractivity contribution < 1.29 is 14.4 Å². The molecule has 3 unspecified atom stereocenters. The molecule has 0 radical (unpaired) electrons. The summed E-state index contributed by atoms with van der Waals surface area (Å²) in [5, 5.41) is 16.5. The van der Waals surface area contributed by atoms with Gasteiger partial charge in [0.2, 0.25) is 11.7 Å². The summed E-state index contributed by atoms with van der Waals surface area (Å²) >= 11 is 0. The fourth-order valence-electron chi connectivity index (χ4n) is 2.09. The Morgan fingerprint density at radius 3 is 2.82 bits per heavy atom. The monoisotopic (exact) mass is 241 g/mol. The zero-order chi connectivity index (χ0) is 12.4. The number of rotatable bonds is 4. The minimum atomic E-state index is -0.335. The van der Waals surface area contributed by atoms with Crippen molar-refractivity contribution in [3.05, 3.63) is 11.7 Å². The molecule has 3 atom stereocenters. The Bertz CT molecular complexity index is 367. The number of aliphatic hydroxyl groups excluding tert-OH is 1. The third-order valence-electron chi connectivity index (χ3n) is 2.98. The van der Waals surface area contributed by atoms with Crippen molar-refractivity contribution in [2.24, 2.45) is 5.92 Å². The number of hydrogen-bond acceptors (Lipinski definition) is 6. The van der Waals surface area contributed by atoms with Crippen LogP contribution in [-0.2, 0) is 4.74 Å². The first-order chi connectivity index (χ1) is 8.11. The second-order valence-corrected chi connectivity index (χ2v) is 4.74. The highest BCUT2D eigenvalue weighted by molar-refractivity contribution is 4.99. The summed E-state index contributed by atoms with van der Waals surface area (Å²) in [4.78, 5) is 4.34. The molecule has 0 saturated carbocycles. The largest absolute Gasteiger partial charge is 0.392 e. The van der Waals surface area contributed by atoms with E-state index in [1.54, 1.807) is 7.11 Å². The van der Waals surface area contributed by atoms with Crippen LogP contribution in [0.25, 0.3) is 0 Å². The first kappa shape index (κ1) is 12.5. The number of aromatic nitrogens is 2. The van der Waals surface area contributed by atoms with Crippen LogP contribution in [0.1, 0.15) is 44.1 Å². The van der Waals surface area contributed by atoms with Crippen molar-refractivity contribution in [2.75, 3.05) is 13.7 Å². The number of methoxy groups -OCH3 is 1. The highest BCUT2D eigenvalue weighted by atomic mass is 16.5. The number of nitrogens with zero attached hydrogens (tertiary/aromatic N) is 2. The van der Waals surface area contributed by atoms with Crippen LogP contribution >= 0.6 is 0 Å². The normalized spacial score (nSPS) is 26.6. The topological polar surface area (TPSA) is 80.4 Å². The van der Waals surface area contributed by atoms with Gasteiger partial charge in [0.05, 0.1) is 12.1 Å². The molecule has 0 aromatic carbocycles. The summed E-state index contributed by atoms with van der Waals surface area (Å²) in [6.45, 7) is 4.66. The molecule has 1 aliphatic heterocycles. The summed E-state index contributed by atoms with van der Waals surface area (Å²) in [6, 6.07) is -0.0454. The number of hydrogen-bond donors (Lipinski definition) is 2. The summed E-state index contributed by atoms with van der Waals surface area (Å²) in [7, 11) is 1.64. The van der Waals surface area contributed by atoms with Gasteiger partial charge >= 0.3 is 0 Å². The maximum atomic E-state index is 9.43. The highest BCUT2D eigenvalue weighted by Crippen LogP contribution is 2.26. The molecule has 1 aliphatic rings. The molecular formula is C11H19N3O3. The van der Waals surface area contributed by atoms with E-state index in [-0.39, 0.29) is 24.2 Å². The lowest BCUT2D eigenvalue weighted by molar-refractivity contribution is 0.0555. The third kappa shape index (κ3) is 2.65. The lowest BCUT2D eigenvalue weighted by Gasteiger charge is -2.14. The van der Waals surface area contributed by atoms with Crippen LogP contribution in [0.5, 0.6) is 0 Å². The Morgan fingerprint density at radius 1 is 1.53 bits per heavy atom. The van der Waals surface area contributed by atoms with Crippen LogP contribution in [0.4, 0.5) is 0 Å². The van der Waals surface area contributed by atoms with Gasteiger partial charge in [-0.05, 0) is 12.3 Å². The molecule has 0 bridgehead atoms. The van der Waals surface area contributed by atoms with Crippen molar-refractivity contribution in [2.45, 2.75) is 38.5 Å². The SMILES string of the molecule is COC(c1noc(C2CC(O)CN2)n1)C(C)C. The van der Waals surface area contributed by atoms with E-state index in [9.17, 15) is 5.11 Å². The average molecular weight is 241 g/mol. The quantitative estimate of drug-likeness (QED) is 0.812. The molecule has 6 nitrogen and oxygen atoms in total. The predicted octanol–water partition coefficient (Wildman–Crippen LogP) is 0.808. The second kappa shape index (κ2) is 5.12. The van der Waals surface area contributed by atoms with Crippen LogP contribution in [0.3, 0.4) is 0 Å². The van der Waals surface area contributed by atoms with Crippen LogP contribution in [-0.4, -0.2) is 35.0 Å². The maximum Gasteiger partial charge on any atom is 0.243 e. The van der Waals surface area contributed by atoms with Crippen molar-refractivity contribution in [3.63, 3.8) is 0 Å². The summed E-state index contributed by atoms with van der Waals surface area (Å²) in [5.74, 6) is 1.38. The average Bonchev–Trinajstić information content (AvgIpc) is 2.87. The van der Waals surface area contributed by atoms with Gasteiger partial charge in [-0.15, -0.1) is 0 Å². The van der Waals surface area contributed by atoms with Crippen LogP contribution in [0, 0.1) is 5.92 Å². The van der Waals surface area contributed by atoms with Crippen molar-refractivity contribution in [1.82, 2.24) is 15.5 Å². The van der Waals surface area contributed by atoms with E-state index >= 15 is 0 Å². The fourth-order valence-corrected chi connectivity index (χ4v) is 2.09. The van der Waals surface area contributed by atoms with E-state index in [0.29, 0.717) is 24.7 Å². The smallest absolute Gasteiger partial charge is 0.243 e. The molecule has 1 aromatic rings. The number of β-amino-alcohol motifs (C(OH)–C–C–N with tert-alkyl or cyclic N) is 1. The predicted molar refractivity (Wildman–Crippen MR) is 60.3 cm³/mol. The Hall–Kier alpha value is -0.980. The Balaban J connectivity index is 2.10. The van der Waals surface area contributed by atoms with E-state index in [4.69, 9.17) is 9.26 Å². The van der Waals surface area contributed by atoms with Crippen LogP contribution in [0.2, 0.25) is 0 Å². The molecule has 0 amide bonds. The standard InChI is InChI=1S/C11H19N3O3/c1-6(2)9(16-3)10-13-11(17-14-10)8-4-7(15)5-12-8/h6-9,12,15H,4-5H2,1-3H3. The van der Waals surface area contributed by atoms with Gasteiger partial charge in [0.25, 0.3) is 0 Å². The van der Waals surface area contributed by atoms with Crippen molar-refractivity contribution in [3.8, 4) is 0 Å². The van der Waals surface area contributed by atoms with Gasteiger partial charge in [0.15, 0.2) is 0 Å². The van der Waals surface area contributed by atoms with E-state index in [1.165, 1.54) is 0 Å². The first-order valence-electron chi connectivity index (χ1n) is 5.89. The zero-order valence-corrected chi connectivity index (χ0v) is 10.4. The molecule has 1 aromatic heterocycles. The molecular weight excluding hydrogens is 222 g/mol. The Kier molecular flexibility index (Phi) is 3.76. The highest BCUT2D eigenvalue weighted by Gasteiger charge is 2.30. The molecule has 6 heteroatoms. The Morgan fingerprint density at radius 2 is 2.29 bits per heavy atom. The maximum absolute atomic E-state index is 9.43. The van der Waals surface area contributed by atoms with E-state index in [2.05, 4.69) is 15.5 Å². The molecule has 0 spiro atoms. The van der Waals surface area contributed by atoms with Crippen molar-refractivity contribution >= 4 is 0 Å². The van der Waals surface area contributed by atoms with Gasteiger partial charge in [-0.1, -0.05) is 19.0 Å². The number of nitrogens with one attached hydrogen (secondary N) is 1. The molecule has 1 fully saturated rings. The molecule has 96 valence electrons. The third-order valence-corrected chi connectivity index (χ3v) is 2.98. The van der Waals surface area contributed by atoms with Gasteiger partial charge in [0.1, 0.15) is 6.10 Å². The fraction of sp³-hybridized carbons (Fsp3) is 0.818. The summed E-state index contributed by atoms with van der Waals surface area (Å²) < 4.78 is 10.6. The van der Waals surface area contributed by atoms with Crippen LogP contribution < -0.4 is 5.32 Å². The molecule has 1 saturated heterocycles. The number of aliphatic hydroxyl groups is 1. The summed E-state index contributed by atoms with van der Waals surface area (Å²) in [5.41, 5.74) is 0. The Labute approximate surface area is 100 Å². The molecule has 2 rings (SSSR count).